The number of anilines is 1. The predicted octanol–water partition coefficient (Wildman–Crippen LogP) is 3.04. The lowest BCUT2D eigenvalue weighted by Crippen LogP contribution is -2.06. The molecular weight excluding hydrogens is 306 g/mol. The number of rotatable bonds is 6. The summed E-state index contributed by atoms with van der Waals surface area (Å²) < 4.78 is 16.1. The monoisotopic (exact) mass is 325 g/mol. The molecule has 3 rings (SSSR count). The van der Waals surface area contributed by atoms with Gasteiger partial charge in [0.15, 0.2) is 11.5 Å². The van der Waals surface area contributed by atoms with Crippen LogP contribution in [-0.2, 0) is 6.42 Å². The maximum absolute atomic E-state index is 5.59. The molecule has 1 heterocycles. The van der Waals surface area contributed by atoms with Gasteiger partial charge in [0.25, 0.3) is 0 Å². The van der Waals surface area contributed by atoms with Gasteiger partial charge >= 0.3 is 6.01 Å². The Balaban J connectivity index is 1.95. The molecule has 2 N–H and O–H groups in total. The third-order valence-electron chi connectivity index (χ3n) is 3.84. The first-order valence-corrected chi connectivity index (χ1v) is 7.56. The van der Waals surface area contributed by atoms with Crippen LogP contribution in [-0.4, -0.2) is 24.4 Å². The highest BCUT2D eigenvalue weighted by Gasteiger charge is 2.21. The Morgan fingerprint density at radius 2 is 1.75 bits per heavy atom. The lowest BCUT2D eigenvalue weighted by Gasteiger charge is -2.15. The smallest absolute Gasteiger partial charge is 0.312 e. The van der Waals surface area contributed by atoms with Gasteiger partial charge < -0.3 is 19.6 Å². The van der Waals surface area contributed by atoms with Crippen LogP contribution in [0.1, 0.15) is 22.9 Å². The molecule has 1 aromatic heterocycles. The number of nitrogen functional groups attached to an aromatic ring is 1. The van der Waals surface area contributed by atoms with E-state index in [4.69, 9.17) is 19.6 Å². The normalized spacial score (nSPS) is 11.9. The van der Waals surface area contributed by atoms with Crippen molar-refractivity contribution in [2.24, 2.45) is 0 Å². The molecule has 0 fully saturated rings. The van der Waals surface area contributed by atoms with Crippen molar-refractivity contribution in [2.75, 3.05) is 20.0 Å². The Bertz CT molecular complexity index is 802. The van der Waals surface area contributed by atoms with E-state index in [-0.39, 0.29) is 11.9 Å². The van der Waals surface area contributed by atoms with E-state index < -0.39 is 0 Å². The molecule has 0 aliphatic rings. The van der Waals surface area contributed by atoms with Gasteiger partial charge in [-0.1, -0.05) is 41.5 Å². The van der Waals surface area contributed by atoms with Crippen LogP contribution in [0, 0.1) is 0 Å². The van der Waals surface area contributed by atoms with Crippen molar-refractivity contribution < 1.29 is 13.9 Å². The van der Waals surface area contributed by atoms with Crippen LogP contribution in [0.3, 0.4) is 0 Å². The second kappa shape index (κ2) is 7.04. The molecule has 0 aliphatic heterocycles. The maximum atomic E-state index is 5.59. The van der Waals surface area contributed by atoms with E-state index in [0.29, 0.717) is 23.8 Å². The zero-order chi connectivity index (χ0) is 16.9. The second-order valence-electron chi connectivity index (χ2n) is 5.34. The zero-order valence-corrected chi connectivity index (χ0v) is 13.6. The summed E-state index contributed by atoms with van der Waals surface area (Å²) in [7, 11) is 3.24. The van der Waals surface area contributed by atoms with Crippen molar-refractivity contribution in [3.63, 3.8) is 0 Å². The number of nitrogens with zero attached hydrogens (tertiary/aromatic N) is 2. The molecule has 0 bridgehead atoms. The van der Waals surface area contributed by atoms with Crippen LogP contribution in [0.15, 0.2) is 52.9 Å². The first-order chi connectivity index (χ1) is 11.7. The SMILES string of the molecule is COc1ccc(CC(c2ccccc2)c2nnc(N)o2)cc1OC. The van der Waals surface area contributed by atoms with Gasteiger partial charge in [-0.25, -0.2) is 0 Å². The van der Waals surface area contributed by atoms with Crippen LogP contribution in [0.2, 0.25) is 0 Å². The molecule has 124 valence electrons. The van der Waals surface area contributed by atoms with E-state index in [1.807, 2.05) is 48.5 Å². The van der Waals surface area contributed by atoms with Crippen LogP contribution in [0.4, 0.5) is 6.01 Å². The summed E-state index contributed by atoms with van der Waals surface area (Å²) in [5.41, 5.74) is 7.74. The molecule has 24 heavy (non-hydrogen) atoms. The van der Waals surface area contributed by atoms with Gasteiger partial charge in [-0.15, -0.1) is 5.10 Å². The van der Waals surface area contributed by atoms with Crippen molar-refractivity contribution in [1.29, 1.82) is 0 Å². The van der Waals surface area contributed by atoms with Crippen molar-refractivity contribution in [1.82, 2.24) is 10.2 Å². The maximum Gasteiger partial charge on any atom is 0.312 e. The highest BCUT2D eigenvalue weighted by molar-refractivity contribution is 5.43. The van der Waals surface area contributed by atoms with Gasteiger partial charge in [0.2, 0.25) is 5.89 Å². The standard InChI is InChI=1S/C18H19N3O3/c1-22-15-9-8-12(11-16(15)23-2)10-14(13-6-4-3-5-7-13)17-20-21-18(19)24-17/h3-9,11,14H,10H2,1-2H3,(H2,19,21). The van der Waals surface area contributed by atoms with E-state index in [1.165, 1.54) is 0 Å². The molecular formula is C18H19N3O3. The van der Waals surface area contributed by atoms with Crippen molar-refractivity contribution in [3.8, 4) is 11.5 Å². The van der Waals surface area contributed by atoms with Crippen LogP contribution >= 0.6 is 0 Å². The number of hydrogen-bond donors (Lipinski definition) is 1. The molecule has 6 heteroatoms. The number of ether oxygens (including phenoxy) is 2. The molecule has 0 saturated heterocycles. The van der Waals surface area contributed by atoms with E-state index in [1.54, 1.807) is 14.2 Å². The number of nitrogens with two attached hydrogens (primary N) is 1. The topological polar surface area (TPSA) is 83.4 Å². The molecule has 0 saturated carbocycles. The minimum absolute atomic E-state index is 0.0678. The summed E-state index contributed by atoms with van der Waals surface area (Å²) in [6.07, 6.45) is 0.673. The fourth-order valence-electron chi connectivity index (χ4n) is 2.66. The predicted molar refractivity (Wildman–Crippen MR) is 90.2 cm³/mol. The average molecular weight is 325 g/mol. The van der Waals surface area contributed by atoms with Gasteiger partial charge in [0.1, 0.15) is 0 Å². The zero-order valence-electron chi connectivity index (χ0n) is 13.6. The van der Waals surface area contributed by atoms with E-state index in [9.17, 15) is 0 Å². The van der Waals surface area contributed by atoms with Crippen LogP contribution < -0.4 is 15.2 Å². The van der Waals surface area contributed by atoms with E-state index >= 15 is 0 Å². The third kappa shape index (κ3) is 3.32. The first kappa shape index (κ1) is 15.9. The van der Waals surface area contributed by atoms with Gasteiger partial charge in [-0.3, -0.25) is 0 Å². The van der Waals surface area contributed by atoms with Crippen LogP contribution in [0.25, 0.3) is 0 Å². The molecule has 0 aliphatic carbocycles. The molecule has 6 nitrogen and oxygen atoms in total. The minimum atomic E-state index is -0.0888. The molecule has 3 aromatic rings. The Hall–Kier alpha value is -3.02. The molecule has 1 atom stereocenters. The average Bonchev–Trinajstić information content (AvgIpc) is 3.06. The lowest BCUT2D eigenvalue weighted by molar-refractivity contribution is 0.354. The van der Waals surface area contributed by atoms with Gasteiger partial charge in [0.05, 0.1) is 20.1 Å². The summed E-state index contributed by atoms with van der Waals surface area (Å²) in [6.45, 7) is 0. The Morgan fingerprint density at radius 1 is 1.00 bits per heavy atom. The Morgan fingerprint density at radius 3 is 2.38 bits per heavy atom. The molecule has 2 aromatic carbocycles. The third-order valence-corrected chi connectivity index (χ3v) is 3.84. The Labute approximate surface area is 140 Å². The highest BCUT2D eigenvalue weighted by Crippen LogP contribution is 2.32. The molecule has 1 unspecified atom stereocenters. The number of methoxy groups -OCH3 is 2. The number of hydrogen-bond acceptors (Lipinski definition) is 6. The fourth-order valence-corrected chi connectivity index (χ4v) is 2.66. The molecule has 0 spiro atoms. The van der Waals surface area contributed by atoms with Crippen molar-refractivity contribution in [3.05, 3.63) is 65.5 Å². The van der Waals surface area contributed by atoms with E-state index in [0.717, 1.165) is 11.1 Å². The number of aromatic nitrogens is 2. The summed E-state index contributed by atoms with van der Waals surface area (Å²) in [5.74, 6) is 1.79. The summed E-state index contributed by atoms with van der Waals surface area (Å²) in [6, 6.07) is 15.9. The summed E-state index contributed by atoms with van der Waals surface area (Å²) in [5, 5.41) is 7.85. The fraction of sp³-hybridized carbons (Fsp3) is 0.222. The quantitative estimate of drug-likeness (QED) is 0.750. The van der Waals surface area contributed by atoms with Gasteiger partial charge in [0, 0.05) is 0 Å². The second-order valence-corrected chi connectivity index (χ2v) is 5.34. The van der Waals surface area contributed by atoms with Gasteiger partial charge in [-0.05, 0) is 29.7 Å². The highest BCUT2D eigenvalue weighted by atomic mass is 16.5. The van der Waals surface area contributed by atoms with Crippen molar-refractivity contribution in [2.45, 2.75) is 12.3 Å². The minimum Gasteiger partial charge on any atom is -0.493 e. The Kier molecular flexibility index (Phi) is 4.65. The van der Waals surface area contributed by atoms with Crippen molar-refractivity contribution >= 4 is 6.01 Å². The first-order valence-electron chi connectivity index (χ1n) is 7.56. The summed E-state index contributed by atoms with van der Waals surface area (Å²) in [4.78, 5) is 0. The molecule has 0 amide bonds. The van der Waals surface area contributed by atoms with Crippen LogP contribution in [0.5, 0.6) is 11.5 Å². The van der Waals surface area contributed by atoms with E-state index in [2.05, 4.69) is 10.2 Å². The lowest BCUT2D eigenvalue weighted by atomic mass is 9.91. The number of benzene rings is 2. The summed E-state index contributed by atoms with van der Waals surface area (Å²) >= 11 is 0. The molecule has 0 radical (unpaired) electrons. The largest absolute Gasteiger partial charge is 0.493 e. The van der Waals surface area contributed by atoms with Gasteiger partial charge in [-0.2, -0.15) is 0 Å².